The van der Waals surface area contributed by atoms with E-state index in [0.717, 1.165) is 16.5 Å². The first-order valence-electron chi connectivity index (χ1n) is 10.1. The highest BCUT2D eigenvalue weighted by Gasteiger charge is 2.18. The predicted octanol–water partition coefficient (Wildman–Crippen LogP) is 3.76. The Bertz CT molecular complexity index is 1160. The Balaban J connectivity index is 1.77. The van der Waals surface area contributed by atoms with Crippen LogP contribution in [0.25, 0.3) is 11.0 Å². The van der Waals surface area contributed by atoms with Gasteiger partial charge in [-0.3, -0.25) is 4.79 Å². The molecular formula is C25H27NO5. The molecule has 0 aliphatic rings. The summed E-state index contributed by atoms with van der Waals surface area (Å²) >= 11 is 0. The van der Waals surface area contributed by atoms with Crippen molar-refractivity contribution in [1.82, 2.24) is 5.32 Å². The molecule has 1 aromatic heterocycles. The van der Waals surface area contributed by atoms with Crippen LogP contribution in [0.15, 0.2) is 63.8 Å². The van der Waals surface area contributed by atoms with Gasteiger partial charge in [-0.05, 0) is 49.6 Å². The van der Waals surface area contributed by atoms with Crippen LogP contribution in [0, 0.1) is 13.8 Å². The van der Waals surface area contributed by atoms with Crippen molar-refractivity contribution in [3.63, 3.8) is 0 Å². The lowest BCUT2D eigenvalue weighted by atomic mass is 10.0. The third-order valence-corrected chi connectivity index (χ3v) is 5.14. The van der Waals surface area contributed by atoms with Crippen molar-refractivity contribution in [2.45, 2.75) is 33.3 Å². The van der Waals surface area contributed by atoms with Gasteiger partial charge in [0.05, 0.1) is 18.1 Å². The third kappa shape index (κ3) is 5.22. The van der Waals surface area contributed by atoms with Crippen LogP contribution in [0.1, 0.15) is 35.3 Å². The van der Waals surface area contributed by atoms with Crippen LogP contribution < -0.4 is 15.7 Å². The molecule has 3 rings (SSSR count). The number of amides is 1. The van der Waals surface area contributed by atoms with Crippen molar-refractivity contribution < 1.29 is 19.1 Å². The Hall–Kier alpha value is -3.38. The first kappa shape index (κ1) is 22.3. The normalized spacial score (nSPS) is 11.9. The quantitative estimate of drug-likeness (QED) is 0.427. The maximum Gasteiger partial charge on any atom is 0.340 e. The fourth-order valence-electron chi connectivity index (χ4n) is 3.36. The Kier molecular flexibility index (Phi) is 6.92. The zero-order valence-electron chi connectivity index (χ0n) is 18.0. The molecule has 1 heterocycles. The summed E-state index contributed by atoms with van der Waals surface area (Å²) in [5.41, 5.74) is 3.21. The smallest absolute Gasteiger partial charge is 0.340 e. The van der Waals surface area contributed by atoms with E-state index in [1.165, 1.54) is 0 Å². The maximum atomic E-state index is 12.6. The second-order valence-electron chi connectivity index (χ2n) is 7.71. The molecule has 0 spiro atoms. The van der Waals surface area contributed by atoms with E-state index in [4.69, 9.17) is 9.15 Å². The molecule has 0 aliphatic carbocycles. The first-order valence-corrected chi connectivity index (χ1v) is 10.1. The fourth-order valence-corrected chi connectivity index (χ4v) is 3.36. The topological polar surface area (TPSA) is 88.8 Å². The minimum atomic E-state index is -0.820. The minimum Gasteiger partial charge on any atom is -0.489 e. The number of hydrogen-bond donors (Lipinski definition) is 2. The molecule has 0 radical (unpaired) electrons. The number of aryl methyl sites for hydroxylation is 2. The van der Waals surface area contributed by atoms with E-state index in [2.05, 4.69) is 11.9 Å². The van der Waals surface area contributed by atoms with E-state index in [1.807, 2.05) is 44.2 Å². The number of aliphatic hydroxyl groups excluding tert-OH is 1. The number of carbonyl (C=O) groups excluding carboxylic acids is 1. The summed E-state index contributed by atoms with van der Waals surface area (Å²) in [6, 6.07) is 12.7. The second kappa shape index (κ2) is 9.62. The van der Waals surface area contributed by atoms with Gasteiger partial charge in [0.2, 0.25) is 5.91 Å². The summed E-state index contributed by atoms with van der Waals surface area (Å²) < 4.78 is 11.3. The molecule has 0 aliphatic heterocycles. The van der Waals surface area contributed by atoms with Gasteiger partial charge in [-0.1, -0.05) is 36.9 Å². The number of carbonyl (C=O) groups is 1. The van der Waals surface area contributed by atoms with Crippen LogP contribution in [-0.2, 0) is 11.2 Å². The van der Waals surface area contributed by atoms with Gasteiger partial charge in [-0.25, -0.2) is 4.79 Å². The largest absolute Gasteiger partial charge is 0.489 e. The number of ether oxygens (including phenoxy) is 1. The molecule has 162 valence electrons. The average molecular weight is 421 g/mol. The number of aliphatic hydroxyl groups is 1. The Morgan fingerprint density at radius 2 is 1.87 bits per heavy atom. The summed E-state index contributed by atoms with van der Waals surface area (Å²) in [7, 11) is 0. The van der Waals surface area contributed by atoms with Crippen LogP contribution in [0.5, 0.6) is 5.75 Å². The van der Waals surface area contributed by atoms with Crippen LogP contribution in [0.4, 0.5) is 0 Å². The Morgan fingerprint density at radius 3 is 2.55 bits per heavy atom. The van der Waals surface area contributed by atoms with Crippen LogP contribution in [-0.4, -0.2) is 24.2 Å². The van der Waals surface area contributed by atoms with Gasteiger partial charge < -0.3 is 19.6 Å². The van der Waals surface area contributed by atoms with E-state index in [-0.39, 0.29) is 18.9 Å². The third-order valence-electron chi connectivity index (χ3n) is 5.14. The highest BCUT2D eigenvalue weighted by atomic mass is 16.5. The number of hydrogen-bond acceptors (Lipinski definition) is 5. The van der Waals surface area contributed by atoms with E-state index >= 15 is 0 Å². The molecule has 2 N–H and O–H groups in total. The molecule has 1 unspecified atom stereocenters. The van der Waals surface area contributed by atoms with Gasteiger partial charge in [0.15, 0.2) is 0 Å². The van der Waals surface area contributed by atoms with E-state index in [1.54, 1.807) is 19.1 Å². The monoisotopic (exact) mass is 421 g/mol. The molecule has 0 bridgehead atoms. The maximum absolute atomic E-state index is 12.6. The zero-order valence-corrected chi connectivity index (χ0v) is 18.0. The number of nitrogens with one attached hydrogen (secondary N) is 1. The van der Waals surface area contributed by atoms with E-state index in [0.29, 0.717) is 34.6 Å². The van der Waals surface area contributed by atoms with Crippen LogP contribution >= 0.6 is 0 Å². The molecule has 3 aromatic rings. The average Bonchev–Trinajstić information content (AvgIpc) is 2.75. The van der Waals surface area contributed by atoms with Crippen molar-refractivity contribution in [3.05, 3.63) is 87.3 Å². The standard InChI is InChI=1S/C25H27NO5/c1-15(2)14-30-22-11-10-19-16(3)20(25(29)31-24(19)17(22)4)12-23(28)26-13-21(27)18-8-6-5-7-9-18/h5-11,21,27H,1,12-14H2,2-4H3,(H,26,28). The number of fused-ring (bicyclic) bond motifs is 1. The Morgan fingerprint density at radius 1 is 1.16 bits per heavy atom. The molecule has 6 nitrogen and oxygen atoms in total. The summed E-state index contributed by atoms with van der Waals surface area (Å²) in [5, 5.41) is 13.6. The van der Waals surface area contributed by atoms with E-state index < -0.39 is 11.7 Å². The van der Waals surface area contributed by atoms with Crippen LogP contribution in [0.2, 0.25) is 0 Å². The summed E-state index contributed by atoms with van der Waals surface area (Å²) in [5.74, 6) is 0.265. The van der Waals surface area contributed by atoms with Gasteiger partial charge >= 0.3 is 5.63 Å². The molecule has 31 heavy (non-hydrogen) atoms. The number of rotatable bonds is 8. The lowest BCUT2D eigenvalue weighted by Crippen LogP contribution is -2.31. The number of benzene rings is 2. The van der Waals surface area contributed by atoms with Gasteiger partial charge in [-0.15, -0.1) is 0 Å². The second-order valence-corrected chi connectivity index (χ2v) is 7.71. The fraction of sp³-hybridized carbons (Fsp3) is 0.280. The van der Waals surface area contributed by atoms with Crippen molar-refractivity contribution >= 4 is 16.9 Å². The van der Waals surface area contributed by atoms with Gasteiger partial charge in [-0.2, -0.15) is 0 Å². The molecular weight excluding hydrogens is 394 g/mol. The van der Waals surface area contributed by atoms with Crippen molar-refractivity contribution in [1.29, 1.82) is 0 Å². The van der Waals surface area contributed by atoms with Gasteiger partial charge in [0, 0.05) is 17.5 Å². The molecule has 2 aromatic carbocycles. The minimum absolute atomic E-state index is 0.0589. The molecule has 1 atom stereocenters. The highest BCUT2D eigenvalue weighted by Crippen LogP contribution is 2.29. The molecule has 0 saturated heterocycles. The Labute approximate surface area is 181 Å². The summed E-state index contributed by atoms with van der Waals surface area (Å²) in [6.45, 7) is 9.76. The van der Waals surface area contributed by atoms with Crippen molar-refractivity contribution in [2.75, 3.05) is 13.2 Å². The lowest BCUT2D eigenvalue weighted by molar-refractivity contribution is -0.120. The van der Waals surface area contributed by atoms with Crippen LogP contribution in [0.3, 0.4) is 0 Å². The SMILES string of the molecule is C=C(C)COc1ccc2c(C)c(CC(=O)NCC(O)c3ccccc3)c(=O)oc2c1C. The molecule has 0 fully saturated rings. The van der Waals surface area contributed by atoms with Crippen molar-refractivity contribution in [2.24, 2.45) is 0 Å². The molecule has 6 heteroatoms. The first-order chi connectivity index (χ1) is 14.8. The lowest BCUT2D eigenvalue weighted by Gasteiger charge is -2.14. The van der Waals surface area contributed by atoms with Crippen molar-refractivity contribution in [3.8, 4) is 5.75 Å². The highest BCUT2D eigenvalue weighted by molar-refractivity contribution is 5.87. The van der Waals surface area contributed by atoms with E-state index in [9.17, 15) is 14.7 Å². The van der Waals surface area contributed by atoms with Gasteiger partial charge in [0.25, 0.3) is 0 Å². The predicted molar refractivity (Wildman–Crippen MR) is 120 cm³/mol. The molecule has 1 amide bonds. The summed E-state index contributed by atoms with van der Waals surface area (Å²) in [4.78, 5) is 25.1. The summed E-state index contributed by atoms with van der Waals surface area (Å²) in [6.07, 6.45) is -0.946. The molecule has 0 saturated carbocycles. The zero-order chi connectivity index (χ0) is 22.5. The van der Waals surface area contributed by atoms with Gasteiger partial charge in [0.1, 0.15) is 17.9 Å².